The summed E-state index contributed by atoms with van der Waals surface area (Å²) < 4.78 is 33.4. The Morgan fingerprint density at radius 1 is 1.11 bits per heavy atom. The average Bonchev–Trinajstić information content (AvgIpc) is 3.43. The van der Waals surface area contributed by atoms with E-state index in [1.54, 1.807) is 16.4 Å². The number of aromatic nitrogens is 2. The predicted molar refractivity (Wildman–Crippen MR) is 137 cm³/mol. The van der Waals surface area contributed by atoms with Gasteiger partial charge in [-0.2, -0.15) is 14.6 Å². The van der Waals surface area contributed by atoms with Gasteiger partial charge in [0.25, 0.3) is 0 Å². The van der Waals surface area contributed by atoms with Gasteiger partial charge < -0.3 is 20.7 Å². The van der Waals surface area contributed by atoms with Crippen molar-refractivity contribution >= 4 is 27.4 Å². The van der Waals surface area contributed by atoms with E-state index in [1.807, 2.05) is 12.1 Å². The van der Waals surface area contributed by atoms with Gasteiger partial charge >= 0.3 is 0 Å². The number of nitrogens with zero attached hydrogens (tertiary/aromatic N) is 4. The van der Waals surface area contributed by atoms with Gasteiger partial charge in [-0.05, 0) is 55.5 Å². The average molecular weight is 510 g/mol. The molecule has 0 unspecified atom stereocenters. The zero-order valence-electron chi connectivity index (χ0n) is 20.1. The number of anilines is 2. The highest BCUT2D eigenvalue weighted by Gasteiger charge is 2.30. The quantitative estimate of drug-likeness (QED) is 0.514. The third-order valence-corrected chi connectivity index (χ3v) is 8.81. The van der Waals surface area contributed by atoms with Crippen LogP contribution < -0.4 is 16.0 Å². The number of rotatable bonds is 7. The van der Waals surface area contributed by atoms with Gasteiger partial charge in [-0.25, -0.2) is 13.4 Å². The van der Waals surface area contributed by atoms with Crippen LogP contribution in [0.5, 0.6) is 0 Å². The molecule has 0 amide bonds. The van der Waals surface area contributed by atoms with E-state index >= 15 is 0 Å². The zero-order chi connectivity index (χ0) is 25.0. The highest BCUT2D eigenvalue weighted by atomic mass is 32.2. The molecule has 0 bridgehead atoms. The van der Waals surface area contributed by atoms with Crippen LogP contribution in [0, 0.1) is 11.3 Å². The fourth-order valence-corrected chi connectivity index (χ4v) is 6.25. The predicted octanol–water partition coefficient (Wildman–Crippen LogP) is 2.19. The van der Waals surface area contributed by atoms with E-state index < -0.39 is 10.0 Å². The number of hydrogen-bond donors (Lipinski definition) is 3. The number of ether oxygens (including phenoxy) is 1. The summed E-state index contributed by atoms with van der Waals surface area (Å²) in [5, 5.41) is 19.3. The third-order valence-electron chi connectivity index (χ3n) is 6.89. The normalized spacial score (nSPS) is 21.5. The molecular formula is C25H31N7O3S. The molecule has 1 atom stereocenters. The molecule has 2 aromatic rings. The zero-order valence-corrected chi connectivity index (χ0v) is 20.9. The minimum atomic E-state index is -3.55. The van der Waals surface area contributed by atoms with Crippen molar-refractivity contribution in [3.63, 3.8) is 0 Å². The Bertz CT molecular complexity index is 1240. The molecule has 3 aliphatic rings. The van der Waals surface area contributed by atoms with Crippen LogP contribution in [0.1, 0.15) is 36.8 Å². The largest absolute Gasteiger partial charge is 0.379 e. The van der Waals surface area contributed by atoms with Crippen molar-refractivity contribution in [2.75, 3.05) is 50.0 Å². The molecule has 1 aromatic heterocycles. The lowest BCUT2D eigenvalue weighted by Crippen LogP contribution is -2.42. The Balaban J connectivity index is 1.19. The maximum Gasteiger partial charge on any atom is 0.243 e. The van der Waals surface area contributed by atoms with E-state index in [2.05, 4.69) is 38.1 Å². The lowest BCUT2D eigenvalue weighted by Gasteiger charge is -2.31. The SMILES string of the molecule is N#Cc1cnc(NC2CCN(S(=O)(=O)c3ccc(C4=CCNCC4)cc3)CC2)nc1N[C@H]1CCOC1. The van der Waals surface area contributed by atoms with E-state index in [1.165, 1.54) is 11.8 Å². The molecule has 5 rings (SSSR count). The van der Waals surface area contributed by atoms with Crippen molar-refractivity contribution in [2.24, 2.45) is 0 Å². The maximum atomic E-state index is 13.2. The van der Waals surface area contributed by atoms with Crippen molar-refractivity contribution in [1.82, 2.24) is 19.6 Å². The minimum Gasteiger partial charge on any atom is -0.379 e. The number of sulfonamides is 1. The summed E-state index contributed by atoms with van der Waals surface area (Å²) in [6.07, 6.45) is 6.76. The van der Waals surface area contributed by atoms with E-state index in [-0.39, 0.29) is 12.1 Å². The number of piperidine rings is 1. The monoisotopic (exact) mass is 509 g/mol. The van der Waals surface area contributed by atoms with Gasteiger partial charge in [-0.15, -0.1) is 0 Å². The van der Waals surface area contributed by atoms with Crippen LogP contribution >= 0.6 is 0 Å². The van der Waals surface area contributed by atoms with Gasteiger partial charge in [-0.3, -0.25) is 0 Å². The van der Waals surface area contributed by atoms with Crippen LogP contribution in [0.15, 0.2) is 41.4 Å². The first-order valence-electron chi connectivity index (χ1n) is 12.4. The van der Waals surface area contributed by atoms with Gasteiger partial charge in [0, 0.05) is 32.3 Å². The second kappa shape index (κ2) is 10.9. The highest BCUT2D eigenvalue weighted by molar-refractivity contribution is 7.89. The molecule has 0 radical (unpaired) electrons. The summed E-state index contributed by atoms with van der Waals surface area (Å²) in [6.45, 7) is 3.90. The second-order valence-electron chi connectivity index (χ2n) is 9.30. The molecule has 3 aliphatic heterocycles. The van der Waals surface area contributed by atoms with E-state index in [0.717, 1.165) is 31.5 Å². The van der Waals surface area contributed by atoms with Gasteiger partial charge in [0.15, 0.2) is 0 Å². The summed E-state index contributed by atoms with van der Waals surface area (Å²) >= 11 is 0. The van der Waals surface area contributed by atoms with Crippen molar-refractivity contribution in [2.45, 2.75) is 42.7 Å². The van der Waals surface area contributed by atoms with Gasteiger partial charge in [0.1, 0.15) is 17.5 Å². The topological polar surface area (TPSA) is 132 Å². The molecule has 0 saturated carbocycles. The van der Waals surface area contributed by atoms with Crippen LogP contribution in [-0.4, -0.2) is 74.2 Å². The molecule has 190 valence electrons. The van der Waals surface area contributed by atoms with Crippen LogP contribution in [-0.2, 0) is 14.8 Å². The van der Waals surface area contributed by atoms with Crippen molar-refractivity contribution in [3.05, 3.63) is 47.7 Å². The van der Waals surface area contributed by atoms with E-state index in [9.17, 15) is 13.7 Å². The standard InChI is InChI=1S/C25H31N7O3S/c26-15-20-16-28-25(31-24(20)29-22-9-14-35-17-22)30-21-7-12-32(13-8-21)36(33,34)23-3-1-18(2-4-23)19-5-10-27-11-6-19/h1-5,16,21-22,27H,6-14,17H2,(H2,28,29,30,31)/t22-/m0/s1. The maximum absolute atomic E-state index is 13.2. The first-order valence-corrected chi connectivity index (χ1v) is 13.9. The molecule has 11 heteroatoms. The Kier molecular flexibility index (Phi) is 7.48. The number of hydrogen-bond acceptors (Lipinski definition) is 9. The summed E-state index contributed by atoms with van der Waals surface area (Å²) in [5.41, 5.74) is 2.72. The number of nitriles is 1. The lowest BCUT2D eigenvalue weighted by molar-refractivity contribution is 0.195. The Hall–Kier alpha value is -3.04. The van der Waals surface area contributed by atoms with Crippen LogP contribution in [0.2, 0.25) is 0 Å². The molecule has 4 heterocycles. The molecule has 10 nitrogen and oxygen atoms in total. The van der Waals surface area contributed by atoms with Gasteiger partial charge in [0.2, 0.25) is 16.0 Å². The Labute approximate surface area is 211 Å². The lowest BCUT2D eigenvalue weighted by atomic mass is 10.0. The first kappa shape index (κ1) is 24.6. The fraction of sp³-hybridized carbons (Fsp3) is 0.480. The molecule has 2 saturated heterocycles. The van der Waals surface area contributed by atoms with E-state index in [0.29, 0.717) is 61.4 Å². The fourth-order valence-electron chi connectivity index (χ4n) is 4.78. The minimum absolute atomic E-state index is 0.0428. The van der Waals surface area contributed by atoms with Crippen LogP contribution in [0.25, 0.3) is 5.57 Å². The number of benzene rings is 1. The first-order chi connectivity index (χ1) is 17.5. The third kappa shape index (κ3) is 5.52. The highest BCUT2D eigenvalue weighted by Crippen LogP contribution is 2.26. The molecule has 36 heavy (non-hydrogen) atoms. The summed E-state index contributed by atoms with van der Waals surface area (Å²) in [5.74, 6) is 0.925. The molecule has 2 fully saturated rings. The van der Waals surface area contributed by atoms with Crippen molar-refractivity contribution in [1.29, 1.82) is 5.26 Å². The van der Waals surface area contributed by atoms with Crippen LogP contribution in [0.4, 0.5) is 11.8 Å². The molecule has 1 aromatic carbocycles. The second-order valence-corrected chi connectivity index (χ2v) is 11.2. The Morgan fingerprint density at radius 3 is 2.58 bits per heavy atom. The van der Waals surface area contributed by atoms with Gasteiger partial charge in [0.05, 0.1) is 23.7 Å². The van der Waals surface area contributed by atoms with Gasteiger partial charge in [-0.1, -0.05) is 18.2 Å². The van der Waals surface area contributed by atoms with Crippen LogP contribution in [0.3, 0.4) is 0 Å². The van der Waals surface area contributed by atoms with Crippen molar-refractivity contribution < 1.29 is 13.2 Å². The Morgan fingerprint density at radius 2 is 1.92 bits per heavy atom. The molecule has 0 aliphatic carbocycles. The summed E-state index contributed by atoms with van der Waals surface area (Å²) in [4.78, 5) is 9.12. The number of nitrogens with one attached hydrogen (secondary N) is 3. The summed E-state index contributed by atoms with van der Waals surface area (Å²) in [7, 11) is -3.55. The van der Waals surface area contributed by atoms with Crippen molar-refractivity contribution in [3.8, 4) is 6.07 Å². The molecule has 3 N–H and O–H groups in total. The smallest absolute Gasteiger partial charge is 0.243 e. The summed E-state index contributed by atoms with van der Waals surface area (Å²) in [6, 6.07) is 9.53. The molecular weight excluding hydrogens is 478 g/mol. The molecule has 0 spiro atoms. The van der Waals surface area contributed by atoms with E-state index in [4.69, 9.17) is 4.74 Å².